The van der Waals surface area contributed by atoms with Crippen LogP contribution in [0, 0.1) is 6.92 Å². The number of nitrogens with two attached hydrogens (primary N) is 1. The maximum absolute atomic E-state index is 6.78. The molecule has 1 aromatic carbocycles. The molecule has 0 aliphatic carbocycles. The first kappa shape index (κ1) is 23.1. The molecule has 1 saturated heterocycles. The third-order valence-electron chi connectivity index (χ3n) is 4.73. The fourth-order valence-electron chi connectivity index (χ4n) is 3.14. The van der Waals surface area contributed by atoms with Crippen LogP contribution in [0.5, 0.6) is 5.75 Å². The average molecular weight is 459 g/mol. The van der Waals surface area contributed by atoms with E-state index < -0.39 is 0 Å². The number of morpholine rings is 1. The Bertz CT molecular complexity index is 982. The summed E-state index contributed by atoms with van der Waals surface area (Å²) in [5.41, 5.74) is 9.15. The molecule has 164 valence electrons. The summed E-state index contributed by atoms with van der Waals surface area (Å²) in [5, 5.41) is 2.02. The molecule has 1 fully saturated rings. The van der Waals surface area contributed by atoms with Crippen molar-refractivity contribution in [3.63, 3.8) is 0 Å². The van der Waals surface area contributed by atoms with E-state index in [0.717, 1.165) is 46.4 Å². The maximum Gasteiger partial charge on any atom is 0.118 e. The van der Waals surface area contributed by atoms with E-state index in [1.165, 1.54) is 6.20 Å². The number of benzene rings is 1. The second kappa shape index (κ2) is 11.7. The molecule has 6 nitrogen and oxygen atoms in total. The Balaban J connectivity index is 2.03. The first-order chi connectivity index (χ1) is 15.1. The van der Waals surface area contributed by atoms with Crippen molar-refractivity contribution in [3.05, 3.63) is 77.9 Å². The second-order valence-corrected chi connectivity index (χ2v) is 8.07. The van der Waals surface area contributed by atoms with E-state index in [9.17, 15) is 0 Å². The van der Waals surface area contributed by atoms with E-state index in [1.807, 2.05) is 61.0 Å². The molecule has 31 heavy (non-hydrogen) atoms. The van der Waals surface area contributed by atoms with Gasteiger partial charge in [-0.1, -0.05) is 11.8 Å². The van der Waals surface area contributed by atoms with Crippen LogP contribution in [0.15, 0.2) is 71.4 Å². The van der Waals surface area contributed by atoms with Crippen LogP contribution in [0.1, 0.15) is 11.4 Å². The highest BCUT2D eigenvalue weighted by Crippen LogP contribution is 2.28. The highest BCUT2D eigenvalue weighted by Gasteiger charge is 2.12. The molecule has 8 heteroatoms. The minimum Gasteiger partial charge on any atom is -0.497 e. The summed E-state index contributed by atoms with van der Waals surface area (Å²) in [4.78, 5) is 7.88. The lowest BCUT2D eigenvalue weighted by Crippen LogP contribution is -2.36. The lowest BCUT2D eigenvalue weighted by atomic mass is 10.2. The fraction of sp³-hybridized carbons (Fsp3) is 0.261. The van der Waals surface area contributed by atoms with E-state index in [0.29, 0.717) is 13.2 Å². The van der Waals surface area contributed by atoms with Gasteiger partial charge in [0, 0.05) is 47.7 Å². The van der Waals surface area contributed by atoms with E-state index in [1.54, 1.807) is 29.2 Å². The van der Waals surface area contributed by atoms with Crippen molar-refractivity contribution in [2.24, 2.45) is 5.73 Å². The molecule has 0 atom stereocenters. The highest BCUT2D eigenvalue weighted by molar-refractivity contribution is 8.02. The molecular formula is C23H27ClN4O2S. The Morgan fingerprint density at radius 2 is 1.97 bits per heavy atom. The van der Waals surface area contributed by atoms with Gasteiger partial charge in [0.25, 0.3) is 0 Å². The molecule has 0 bridgehead atoms. The van der Waals surface area contributed by atoms with Crippen molar-refractivity contribution in [2.75, 3.05) is 38.3 Å². The van der Waals surface area contributed by atoms with Crippen LogP contribution >= 0.6 is 23.5 Å². The van der Waals surface area contributed by atoms with Gasteiger partial charge < -0.3 is 20.1 Å². The third-order valence-corrected chi connectivity index (χ3v) is 5.91. The summed E-state index contributed by atoms with van der Waals surface area (Å²) in [5.74, 6) is 0.819. The van der Waals surface area contributed by atoms with Crippen LogP contribution in [0.4, 0.5) is 5.69 Å². The monoisotopic (exact) mass is 458 g/mol. The standard InChI is InChI=1S/C23H27ClN4O2S/c1-18-23(19(9-10-25)17-31-22-7-5-21(29-2)6-8-22)28(24)16-20(4-3-11-26-18)27-12-14-30-15-13-27/h3-11,16-17H,12-15,25H2,1-2H3/b4-3?,10-9+,19-17+,20-16?,23-18?,26-11?. The van der Waals surface area contributed by atoms with Gasteiger partial charge in [0.2, 0.25) is 0 Å². The van der Waals surface area contributed by atoms with Crippen molar-refractivity contribution in [3.8, 4) is 5.75 Å². The quantitative estimate of drug-likeness (QED) is 0.497. The van der Waals surface area contributed by atoms with E-state index in [4.69, 9.17) is 27.0 Å². The number of allylic oxidation sites excluding steroid dienone is 2. The topological polar surface area (TPSA) is 65.5 Å². The number of hydrogen-bond acceptors (Lipinski definition) is 6. The van der Waals surface area contributed by atoms with Gasteiger partial charge in [0.15, 0.2) is 0 Å². The zero-order valence-electron chi connectivity index (χ0n) is 17.7. The number of ether oxygens (including phenoxy) is 2. The lowest BCUT2D eigenvalue weighted by molar-refractivity contribution is 0.122. The van der Waals surface area contributed by atoms with Gasteiger partial charge in [-0.3, -0.25) is 9.07 Å². The second-order valence-electron chi connectivity index (χ2n) is 6.76. The number of rotatable bonds is 6. The summed E-state index contributed by atoms with van der Waals surface area (Å²) in [6.45, 7) is 4.95. The predicted octanol–water partition coefficient (Wildman–Crippen LogP) is 4.77. The predicted molar refractivity (Wildman–Crippen MR) is 129 cm³/mol. The number of methoxy groups -OCH3 is 1. The molecule has 0 saturated carbocycles. The largest absolute Gasteiger partial charge is 0.497 e. The Labute approximate surface area is 192 Å². The molecule has 0 radical (unpaired) electrons. The van der Waals surface area contributed by atoms with Gasteiger partial charge in [0.1, 0.15) is 5.75 Å². The first-order valence-electron chi connectivity index (χ1n) is 9.93. The van der Waals surface area contributed by atoms with Crippen LogP contribution in [-0.2, 0) is 4.74 Å². The molecule has 1 aliphatic heterocycles. The van der Waals surface area contributed by atoms with Gasteiger partial charge in [0.05, 0.1) is 37.4 Å². The van der Waals surface area contributed by atoms with Gasteiger partial charge in [-0.2, -0.15) is 0 Å². The van der Waals surface area contributed by atoms with Gasteiger partial charge in [-0.05, 0) is 61.0 Å². The van der Waals surface area contributed by atoms with Crippen LogP contribution in [0.25, 0.3) is 5.57 Å². The molecule has 1 aromatic heterocycles. The minimum absolute atomic E-state index is 0.697. The van der Waals surface area contributed by atoms with Crippen molar-refractivity contribution in [1.29, 1.82) is 0 Å². The normalized spacial score (nSPS) is 14.5. The number of nitrogens with zero attached hydrogens (tertiary/aromatic N) is 3. The van der Waals surface area contributed by atoms with Crippen LogP contribution in [0.3, 0.4) is 0 Å². The van der Waals surface area contributed by atoms with E-state index in [2.05, 4.69) is 9.88 Å². The Morgan fingerprint density at radius 1 is 1.23 bits per heavy atom. The van der Waals surface area contributed by atoms with Gasteiger partial charge in [-0.25, -0.2) is 0 Å². The third kappa shape index (κ3) is 6.43. The molecule has 2 N–H and O–H groups in total. The molecule has 1 aliphatic rings. The molecular weight excluding hydrogens is 432 g/mol. The lowest BCUT2D eigenvalue weighted by Gasteiger charge is -2.28. The summed E-state index contributed by atoms with van der Waals surface area (Å²) in [6.07, 6.45) is 7.02. The molecule has 3 rings (SSSR count). The zero-order valence-corrected chi connectivity index (χ0v) is 19.3. The summed E-state index contributed by atoms with van der Waals surface area (Å²) >= 11 is 8.36. The summed E-state index contributed by atoms with van der Waals surface area (Å²) in [7, 11) is 1.65. The highest BCUT2D eigenvalue weighted by atomic mass is 35.5. The smallest absolute Gasteiger partial charge is 0.118 e. The summed E-state index contributed by atoms with van der Waals surface area (Å²) < 4.78 is 12.3. The zero-order chi connectivity index (χ0) is 22.1. The molecule has 2 aromatic rings. The SMILES string of the molecule is COc1ccc(S/C=C(\C=C\N)c2c(C)ncccc(N3CCOCC3)cn2Cl)cc1. The number of halogens is 1. The van der Waals surface area contributed by atoms with Gasteiger partial charge >= 0.3 is 0 Å². The molecule has 2 heterocycles. The number of hydrogen-bond donors (Lipinski definition) is 1. The molecule has 0 spiro atoms. The maximum atomic E-state index is 6.78. The summed E-state index contributed by atoms with van der Waals surface area (Å²) in [6, 6.07) is 11.8. The first-order valence-corrected chi connectivity index (χ1v) is 11.1. The van der Waals surface area contributed by atoms with Crippen LogP contribution < -0.4 is 15.4 Å². The van der Waals surface area contributed by atoms with Crippen LogP contribution in [-0.4, -0.2) is 42.5 Å². The number of thioether (sulfide) groups is 1. The van der Waals surface area contributed by atoms with Crippen molar-refractivity contribution >= 4 is 34.8 Å². The Hall–Kier alpha value is -2.61. The van der Waals surface area contributed by atoms with Gasteiger partial charge in [-0.15, -0.1) is 0 Å². The van der Waals surface area contributed by atoms with Crippen LogP contribution in [0.2, 0.25) is 0 Å². The number of aromatic nitrogens is 2. The number of anilines is 1. The molecule has 0 unspecified atom stereocenters. The number of aryl methyl sites for hydroxylation is 1. The Kier molecular flexibility index (Phi) is 8.70. The van der Waals surface area contributed by atoms with Crippen molar-refractivity contribution in [2.45, 2.75) is 11.8 Å². The van der Waals surface area contributed by atoms with Crippen molar-refractivity contribution < 1.29 is 9.47 Å². The van der Waals surface area contributed by atoms with E-state index >= 15 is 0 Å². The fourth-order valence-corrected chi connectivity index (χ4v) is 4.21. The van der Waals surface area contributed by atoms with E-state index in [-0.39, 0.29) is 0 Å². The molecule has 0 amide bonds. The van der Waals surface area contributed by atoms with Crippen molar-refractivity contribution in [1.82, 2.24) is 9.07 Å². The Morgan fingerprint density at radius 3 is 2.65 bits per heavy atom. The minimum atomic E-state index is 0.697. The average Bonchev–Trinajstić information content (AvgIpc) is 2.87.